The zero-order chi connectivity index (χ0) is 21.5. The summed E-state index contributed by atoms with van der Waals surface area (Å²) in [6.07, 6.45) is 2.53. The molecule has 1 amide bonds. The monoisotopic (exact) mass is 425 g/mol. The predicted octanol–water partition coefficient (Wildman–Crippen LogP) is 4.87. The number of hydrogen-bond donors (Lipinski definition) is 0. The maximum atomic E-state index is 12.5. The van der Waals surface area contributed by atoms with Gasteiger partial charge in [0.1, 0.15) is 22.4 Å². The van der Waals surface area contributed by atoms with E-state index in [-0.39, 0.29) is 6.09 Å². The van der Waals surface area contributed by atoms with Crippen LogP contribution in [0.2, 0.25) is 5.15 Å². The number of carbonyl (C=O) groups excluding carboxylic acids is 2. The highest BCUT2D eigenvalue weighted by Crippen LogP contribution is 2.55. The molecule has 0 atom stereocenters. The molecule has 0 N–H and O–H groups in total. The summed E-state index contributed by atoms with van der Waals surface area (Å²) in [5.74, 6) is 2.22. The van der Waals surface area contributed by atoms with E-state index >= 15 is 0 Å². The minimum absolute atomic E-state index is 0.321. The summed E-state index contributed by atoms with van der Waals surface area (Å²) in [5, 5.41) is 0.357. The van der Waals surface area contributed by atoms with Gasteiger partial charge in [-0.1, -0.05) is 29.8 Å². The number of fused-ring (bicyclic) bond motifs is 2. The molecule has 2 aromatic rings. The van der Waals surface area contributed by atoms with Crippen LogP contribution in [-0.4, -0.2) is 40.6 Å². The van der Waals surface area contributed by atoms with Gasteiger partial charge in [-0.2, -0.15) is 0 Å². The normalized spacial score (nSPS) is 17.7. The lowest BCUT2D eigenvalue weighted by Crippen LogP contribution is -2.47. The Hall–Kier alpha value is -2.82. The number of halogens is 1. The van der Waals surface area contributed by atoms with Crippen LogP contribution >= 0.6 is 11.6 Å². The van der Waals surface area contributed by atoms with Crippen LogP contribution < -0.4 is 4.90 Å². The zero-order valence-electron chi connectivity index (χ0n) is 17.3. The van der Waals surface area contributed by atoms with Crippen LogP contribution in [-0.2, 0) is 14.9 Å². The van der Waals surface area contributed by atoms with Crippen molar-refractivity contribution in [2.75, 3.05) is 18.0 Å². The van der Waals surface area contributed by atoms with E-state index < -0.39 is 11.0 Å². The molecule has 0 bridgehead atoms. The lowest BCUT2D eigenvalue weighted by molar-refractivity contribution is 0.0181. The van der Waals surface area contributed by atoms with Crippen molar-refractivity contribution < 1.29 is 14.3 Å². The van der Waals surface area contributed by atoms with Crippen molar-refractivity contribution in [2.45, 2.75) is 44.6 Å². The van der Waals surface area contributed by atoms with Crippen LogP contribution in [0.25, 0.3) is 0 Å². The van der Waals surface area contributed by atoms with E-state index in [1.165, 1.54) is 0 Å². The second-order valence-corrected chi connectivity index (χ2v) is 9.08. The Morgan fingerprint density at radius 2 is 1.90 bits per heavy atom. The van der Waals surface area contributed by atoms with Crippen molar-refractivity contribution in [1.82, 2.24) is 9.88 Å². The SMILES string of the molecule is CC(C)(C)OC(=O)N1CCC2(CC1)C(=C=O)N(c1ccnc(Cl)c1)c1ccccc12. The highest BCUT2D eigenvalue weighted by molar-refractivity contribution is 6.29. The molecule has 1 fully saturated rings. The summed E-state index contributed by atoms with van der Waals surface area (Å²) in [5.41, 5.74) is 2.27. The average Bonchev–Trinajstić information content (AvgIpc) is 2.97. The van der Waals surface area contributed by atoms with Crippen molar-refractivity contribution in [3.8, 4) is 0 Å². The molecule has 4 rings (SSSR count). The number of carbonyl (C=O) groups is 1. The first-order valence-electron chi connectivity index (χ1n) is 10.00. The smallest absolute Gasteiger partial charge is 0.410 e. The third kappa shape index (κ3) is 3.47. The van der Waals surface area contributed by atoms with Crippen molar-refractivity contribution >= 4 is 35.0 Å². The van der Waals surface area contributed by atoms with E-state index in [4.69, 9.17) is 16.3 Å². The van der Waals surface area contributed by atoms with Gasteiger partial charge in [-0.05, 0) is 57.4 Å². The number of nitrogens with zero attached hydrogens (tertiary/aromatic N) is 3. The summed E-state index contributed by atoms with van der Waals surface area (Å²) < 4.78 is 5.53. The number of benzene rings is 1. The number of ether oxygens (including phenoxy) is 1. The lowest BCUT2D eigenvalue weighted by atomic mass is 9.72. The maximum Gasteiger partial charge on any atom is 0.410 e. The summed E-state index contributed by atoms with van der Waals surface area (Å²) in [6.45, 7) is 6.57. The van der Waals surface area contributed by atoms with E-state index in [9.17, 15) is 9.59 Å². The van der Waals surface area contributed by atoms with Gasteiger partial charge >= 0.3 is 6.09 Å². The molecule has 0 aliphatic carbocycles. The van der Waals surface area contributed by atoms with Crippen LogP contribution in [0.1, 0.15) is 39.2 Å². The summed E-state index contributed by atoms with van der Waals surface area (Å²) in [7, 11) is 0. The fourth-order valence-corrected chi connectivity index (χ4v) is 4.55. The number of likely N-dealkylation sites (tertiary alicyclic amines) is 1. The fourth-order valence-electron chi connectivity index (χ4n) is 4.38. The standard InChI is InChI=1S/C23H24ClN3O3/c1-22(2,3)30-21(29)26-12-9-23(10-13-26)17-6-4-5-7-18(17)27(19(23)15-28)16-8-11-25-20(24)14-16/h4-8,11,14H,9-10,12-13H2,1-3H3. The van der Waals surface area contributed by atoms with Crippen LogP contribution in [0.5, 0.6) is 0 Å². The molecule has 30 heavy (non-hydrogen) atoms. The highest BCUT2D eigenvalue weighted by atomic mass is 35.5. The Kier molecular flexibility index (Phi) is 5.08. The molecule has 0 saturated carbocycles. The van der Waals surface area contributed by atoms with E-state index in [1.807, 2.05) is 49.9 Å². The average molecular weight is 426 g/mol. The molecule has 2 aliphatic rings. The van der Waals surface area contributed by atoms with E-state index in [2.05, 4.69) is 17.0 Å². The Balaban J connectivity index is 1.69. The van der Waals surface area contributed by atoms with Crippen molar-refractivity contribution in [3.05, 3.63) is 59.0 Å². The Labute approximate surface area is 181 Å². The molecule has 156 valence electrons. The molecule has 0 unspecified atom stereocenters. The van der Waals surface area contributed by atoms with Gasteiger partial charge in [0, 0.05) is 19.3 Å². The first-order chi connectivity index (χ1) is 14.2. The number of para-hydroxylation sites is 1. The molecule has 1 aromatic carbocycles. The summed E-state index contributed by atoms with van der Waals surface area (Å²) in [4.78, 5) is 32.5. The van der Waals surface area contributed by atoms with E-state index in [0.29, 0.717) is 36.8 Å². The topological polar surface area (TPSA) is 62.7 Å². The van der Waals surface area contributed by atoms with Crippen molar-refractivity contribution in [1.29, 1.82) is 0 Å². The minimum atomic E-state index is -0.544. The van der Waals surface area contributed by atoms with Crippen LogP contribution in [0, 0.1) is 0 Å². The number of anilines is 2. The van der Waals surface area contributed by atoms with E-state index in [1.54, 1.807) is 17.2 Å². The number of aromatic nitrogens is 1. The predicted molar refractivity (Wildman–Crippen MR) is 116 cm³/mol. The number of hydrogen-bond acceptors (Lipinski definition) is 5. The highest BCUT2D eigenvalue weighted by Gasteiger charge is 2.51. The summed E-state index contributed by atoms with van der Waals surface area (Å²) >= 11 is 6.12. The van der Waals surface area contributed by atoms with Gasteiger partial charge in [0.2, 0.25) is 0 Å². The molecule has 1 saturated heterocycles. The van der Waals surface area contributed by atoms with Gasteiger partial charge in [-0.25, -0.2) is 14.6 Å². The Morgan fingerprint density at radius 1 is 1.20 bits per heavy atom. The molecule has 3 heterocycles. The van der Waals surface area contributed by atoms with Crippen molar-refractivity contribution in [2.24, 2.45) is 0 Å². The molecule has 2 aliphatic heterocycles. The van der Waals surface area contributed by atoms with Crippen LogP contribution in [0.4, 0.5) is 16.2 Å². The first kappa shape index (κ1) is 20.5. The maximum absolute atomic E-state index is 12.5. The third-order valence-corrected chi connectivity index (χ3v) is 5.88. The fraction of sp³-hybridized carbons (Fsp3) is 0.391. The third-order valence-electron chi connectivity index (χ3n) is 5.67. The molecule has 1 spiro atoms. The molecule has 7 heteroatoms. The van der Waals surface area contributed by atoms with Crippen LogP contribution in [0.15, 0.2) is 48.3 Å². The Morgan fingerprint density at radius 3 is 2.53 bits per heavy atom. The molecule has 0 radical (unpaired) electrons. The number of rotatable bonds is 1. The molecular weight excluding hydrogens is 402 g/mol. The van der Waals surface area contributed by atoms with Gasteiger partial charge < -0.3 is 14.5 Å². The van der Waals surface area contributed by atoms with E-state index in [0.717, 1.165) is 16.9 Å². The minimum Gasteiger partial charge on any atom is -0.444 e. The molecule has 6 nitrogen and oxygen atoms in total. The number of piperidine rings is 1. The second kappa shape index (κ2) is 7.46. The number of allylic oxidation sites excluding steroid dienone is 1. The van der Waals surface area contributed by atoms with Gasteiger partial charge in [-0.3, -0.25) is 0 Å². The summed E-state index contributed by atoms with van der Waals surface area (Å²) in [6, 6.07) is 11.5. The van der Waals surface area contributed by atoms with Gasteiger partial charge in [0.15, 0.2) is 0 Å². The van der Waals surface area contributed by atoms with Gasteiger partial charge in [0.05, 0.1) is 16.8 Å². The number of amides is 1. The van der Waals surface area contributed by atoms with Crippen molar-refractivity contribution in [3.63, 3.8) is 0 Å². The first-order valence-corrected chi connectivity index (χ1v) is 10.4. The number of pyridine rings is 1. The van der Waals surface area contributed by atoms with Gasteiger partial charge in [-0.15, -0.1) is 0 Å². The van der Waals surface area contributed by atoms with Gasteiger partial charge in [0.25, 0.3) is 0 Å². The zero-order valence-corrected chi connectivity index (χ0v) is 18.1. The largest absolute Gasteiger partial charge is 0.444 e. The molecular formula is C23H24ClN3O3. The lowest BCUT2D eigenvalue weighted by Gasteiger charge is -2.40. The Bertz CT molecular complexity index is 1030. The molecule has 1 aromatic heterocycles. The van der Waals surface area contributed by atoms with Crippen LogP contribution in [0.3, 0.4) is 0 Å². The second-order valence-electron chi connectivity index (χ2n) is 8.69. The quantitative estimate of drug-likeness (QED) is 0.481.